The molecule has 0 spiro atoms. The van der Waals surface area contributed by atoms with Gasteiger partial charge in [-0.05, 0) is 38.3 Å². The van der Waals surface area contributed by atoms with Gasteiger partial charge in [0.05, 0.1) is 6.07 Å². The fourth-order valence-corrected chi connectivity index (χ4v) is 3.06. The Morgan fingerprint density at radius 3 is 2.50 bits per heavy atom. The van der Waals surface area contributed by atoms with Crippen LogP contribution in [0.5, 0.6) is 0 Å². The van der Waals surface area contributed by atoms with Crippen molar-refractivity contribution in [3.8, 4) is 6.07 Å². The molecule has 16 heavy (non-hydrogen) atoms. The van der Waals surface area contributed by atoms with E-state index in [1.54, 1.807) is 0 Å². The number of nitriles is 1. The summed E-state index contributed by atoms with van der Waals surface area (Å²) >= 11 is 0. The third-order valence-electron chi connectivity index (χ3n) is 4.28. The van der Waals surface area contributed by atoms with Gasteiger partial charge < -0.3 is 9.80 Å². The standard InChI is InChI=1S/C13H23N3/c1-11-8-16(9-12(11)15(2)3)10-13(4-5-13)6-7-14/h11-12H,4-6,8-10H2,1-3H3. The first-order valence-electron chi connectivity index (χ1n) is 6.32. The Balaban J connectivity index is 1.87. The number of rotatable bonds is 4. The molecule has 2 atom stereocenters. The maximum atomic E-state index is 8.83. The van der Waals surface area contributed by atoms with E-state index >= 15 is 0 Å². The second-order valence-electron chi connectivity index (χ2n) is 6.04. The van der Waals surface area contributed by atoms with E-state index in [9.17, 15) is 0 Å². The molecule has 2 fully saturated rings. The van der Waals surface area contributed by atoms with Crippen LogP contribution in [-0.2, 0) is 0 Å². The predicted molar refractivity (Wildman–Crippen MR) is 65.0 cm³/mol. The Kier molecular flexibility index (Phi) is 3.23. The second-order valence-corrected chi connectivity index (χ2v) is 6.04. The van der Waals surface area contributed by atoms with Crippen LogP contribution >= 0.6 is 0 Å². The Labute approximate surface area is 99.0 Å². The van der Waals surface area contributed by atoms with Crippen LogP contribution < -0.4 is 0 Å². The van der Waals surface area contributed by atoms with E-state index in [-0.39, 0.29) is 0 Å². The molecule has 1 heterocycles. The molecular weight excluding hydrogens is 198 g/mol. The first-order valence-corrected chi connectivity index (χ1v) is 6.32. The van der Waals surface area contributed by atoms with E-state index in [1.165, 1.54) is 25.9 Å². The Morgan fingerprint density at radius 2 is 2.06 bits per heavy atom. The highest BCUT2D eigenvalue weighted by Gasteiger charge is 2.45. The van der Waals surface area contributed by atoms with Gasteiger partial charge in [0.2, 0.25) is 0 Å². The summed E-state index contributed by atoms with van der Waals surface area (Å²) in [5.74, 6) is 0.757. The van der Waals surface area contributed by atoms with Crippen LogP contribution in [0.15, 0.2) is 0 Å². The fourth-order valence-electron chi connectivity index (χ4n) is 3.06. The van der Waals surface area contributed by atoms with Crippen LogP contribution in [0.1, 0.15) is 26.2 Å². The largest absolute Gasteiger partial charge is 0.305 e. The Morgan fingerprint density at radius 1 is 1.38 bits per heavy atom. The van der Waals surface area contributed by atoms with Crippen LogP contribution in [0.4, 0.5) is 0 Å². The van der Waals surface area contributed by atoms with E-state index in [1.807, 2.05) is 0 Å². The zero-order valence-electron chi connectivity index (χ0n) is 10.7. The quantitative estimate of drug-likeness (QED) is 0.722. The van der Waals surface area contributed by atoms with Crippen molar-refractivity contribution in [2.24, 2.45) is 11.3 Å². The normalized spacial score (nSPS) is 32.9. The highest BCUT2D eigenvalue weighted by molar-refractivity contribution is 5.02. The molecule has 1 saturated carbocycles. The van der Waals surface area contributed by atoms with Crippen molar-refractivity contribution < 1.29 is 0 Å². The number of likely N-dealkylation sites (tertiary alicyclic amines) is 1. The number of nitrogens with zero attached hydrogens (tertiary/aromatic N) is 3. The van der Waals surface area contributed by atoms with Crippen molar-refractivity contribution in [1.29, 1.82) is 5.26 Å². The SMILES string of the molecule is CC1CN(CC2(CC#N)CC2)CC1N(C)C. The van der Waals surface area contributed by atoms with Crippen molar-refractivity contribution in [2.75, 3.05) is 33.7 Å². The second kappa shape index (κ2) is 4.35. The summed E-state index contributed by atoms with van der Waals surface area (Å²) < 4.78 is 0. The minimum absolute atomic E-state index is 0.371. The monoisotopic (exact) mass is 221 g/mol. The molecule has 3 nitrogen and oxygen atoms in total. The van der Waals surface area contributed by atoms with Crippen molar-refractivity contribution in [1.82, 2.24) is 9.80 Å². The maximum Gasteiger partial charge on any atom is 0.0628 e. The van der Waals surface area contributed by atoms with Crippen molar-refractivity contribution in [2.45, 2.75) is 32.2 Å². The van der Waals surface area contributed by atoms with Crippen LogP contribution in [0.2, 0.25) is 0 Å². The smallest absolute Gasteiger partial charge is 0.0628 e. The van der Waals surface area contributed by atoms with Gasteiger partial charge in [-0.15, -0.1) is 0 Å². The minimum atomic E-state index is 0.371. The number of hydrogen-bond donors (Lipinski definition) is 0. The highest BCUT2D eigenvalue weighted by Crippen LogP contribution is 2.49. The van der Waals surface area contributed by atoms with Gasteiger partial charge >= 0.3 is 0 Å². The van der Waals surface area contributed by atoms with Crippen LogP contribution in [0.25, 0.3) is 0 Å². The summed E-state index contributed by atoms with van der Waals surface area (Å²) in [6.07, 6.45) is 3.28. The van der Waals surface area contributed by atoms with Crippen LogP contribution in [-0.4, -0.2) is 49.6 Å². The number of hydrogen-bond acceptors (Lipinski definition) is 3. The molecule has 0 aromatic rings. The van der Waals surface area contributed by atoms with Gasteiger partial charge in [0.25, 0.3) is 0 Å². The molecular formula is C13H23N3. The minimum Gasteiger partial charge on any atom is -0.305 e. The summed E-state index contributed by atoms with van der Waals surface area (Å²) in [5, 5.41) is 8.83. The lowest BCUT2D eigenvalue weighted by atomic mass is 10.0. The summed E-state index contributed by atoms with van der Waals surface area (Å²) in [4.78, 5) is 4.91. The average molecular weight is 221 g/mol. The van der Waals surface area contributed by atoms with Gasteiger partial charge in [0.1, 0.15) is 0 Å². The predicted octanol–water partition coefficient (Wildman–Crippen LogP) is 1.56. The van der Waals surface area contributed by atoms with E-state index in [0.717, 1.165) is 18.9 Å². The first-order chi connectivity index (χ1) is 7.56. The Bertz CT molecular complexity index is 288. The van der Waals surface area contributed by atoms with E-state index in [0.29, 0.717) is 11.5 Å². The lowest BCUT2D eigenvalue weighted by Gasteiger charge is -2.24. The van der Waals surface area contributed by atoms with E-state index < -0.39 is 0 Å². The summed E-state index contributed by atoms with van der Waals surface area (Å²) in [6, 6.07) is 3.05. The third-order valence-corrected chi connectivity index (χ3v) is 4.28. The molecule has 1 aliphatic carbocycles. The zero-order chi connectivity index (χ0) is 11.8. The molecule has 1 saturated heterocycles. The van der Waals surface area contributed by atoms with Gasteiger partial charge in [0.15, 0.2) is 0 Å². The molecule has 2 aliphatic rings. The molecule has 0 radical (unpaired) electrons. The van der Waals surface area contributed by atoms with Crippen molar-refractivity contribution in [3.05, 3.63) is 0 Å². The molecule has 0 N–H and O–H groups in total. The molecule has 0 bridgehead atoms. The summed E-state index contributed by atoms with van der Waals surface area (Å²) in [7, 11) is 4.35. The van der Waals surface area contributed by atoms with Gasteiger partial charge in [0, 0.05) is 32.1 Å². The van der Waals surface area contributed by atoms with Crippen molar-refractivity contribution >= 4 is 0 Å². The summed E-state index contributed by atoms with van der Waals surface area (Å²) in [6.45, 7) is 5.88. The van der Waals surface area contributed by atoms with Crippen LogP contribution in [0.3, 0.4) is 0 Å². The van der Waals surface area contributed by atoms with E-state index in [2.05, 4.69) is 36.9 Å². The molecule has 2 rings (SSSR count). The van der Waals surface area contributed by atoms with Gasteiger partial charge in [-0.3, -0.25) is 0 Å². The lowest BCUT2D eigenvalue weighted by Crippen LogP contribution is -2.35. The van der Waals surface area contributed by atoms with Gasteiger partial charge in [-0.25, -0.2) is 0 Å². The van der Waals surface area contributed by atoms with E-state index in [4.69, 9.17) is 5.26 Å². The maximum absolute atomic E-state index is 8.83. The third kappa shape index (κ3) is 2.39. The molecule has 0 aromatic heterocycles. The van der Waals surface area contributed by atoms with Crippen LogP contribution in [0, 0.1) is 22.7 Å². The van der Waals surface area contributed by atoms with Crippen molar-refractivity contribution in [3.63, 3.8) is 0 Å². The number of likely N-dealkylation sites (N-methyl/N-ethyl adjacent to an activating group) is 1. The topological polar surface area (TPSA) is 30.3 Å². The van der Waals surface area contributed by atoms with Gasteiger partial charge in [-0.2, -0.15) is 5.26 Å². The molecule has 1 aliphatic heterocycles. The molecule has 2 unspecified atom stereocenters. The molecule has 0 amide bonds. The van der Waals surface area contributed by atoms with Gasteiger partial charge in [-0.1, -0.05) is 6.92 Å². The zero-order valence-corrected chi connectivity index (χ0v) is 10.7. The molecule has 90 valence electrons. The highest BCUT2D eigenvalue weighted by atomic mass is 15.2. The molecule has 0 aromatic carbocycles. The lowest BCUT2D eigenvalue weighted by molar-refractivity contribution is 0.231. The Hall–Kier alpha value is -0.590. The first kappa shape index (κ1) is 11.9. The fraction of sp³-hybridized carbons (Fsp3) is 0.923. The summed E-state index contributed by atoms with van der Waals surface area (Å²) in [5.41, 5.74) is 0.371. The average Bonchev–Trinajstić information content (AvgIpc) is 2.83. The molecule has 3 heteroatoms.